The van der Waals surface area contributed by atoms with Crippen LogP contribution in [0.1, 0.15) is 26.7 Å². The molecule has 3 amide bonds. The summed E-state index contributed by atoms with van der Waals surface area (Å²) in [6, 6.07) is -1.22. The molecule has 0 bridgehead atoms. The van der Waals surface area contributed by atoms with Crippen LogP contribution in [0.5, 0.6) is 0 Å². The van der Waals surface area contributed by atoms with Gasteiger partial charge in [0.25, 0.3) is 0 Å². The molecule has 0 saturated carbocycles. The molecule has 2 rings (SSSR count). The Balaban J connectivity index is 1.96. The summed E-state index contributed by atoms with van der Waals surface area (Å²) in [7, 11) is 0. The number of hydrogen-bond acceptors (Lipinski definition) is 4. The van der Waals surface area contributed by atoms with Crippen molar-refractivity contribution in [3.8, 4) is 0 Å². The van der Waals surface area contributed by atoms with Crippen molar-refractivity contribution < 1.29 is 19.5 Å². The predicted molar refractivity (Wildman–Crippen MR) is 78.9 cm³/mol. The molecule has 0 aromatic carbocycles. The number of urea groups is 1. The predicted octanol–water partition coefficient (Wildman–Crippen LogP) is 0.459. The molecule has 0 radical (unpaired) electrons. The number of aliphatic carboxylic acids is 1. The average molecular weight is 315 g/mol. The third-order valence-corrected chi connectivity index (χ3v) is 5.33. The van der Waals surface area contributed by atoms with Gasteiger partial charge in [-0.3, -0.25) is 9.69 Å². The van der Waals surface area contributed by atoms with E-state index in [1.807, 2.05) is 13.8 Å². The molecule has 0 spiro atoms. The lowest BCUT2D eigenvalue weighted by atomic mass is 10.1. The number of carboxylic acid groups (broad SMARTS) is 1. The smallest absolute Gasteiger partial charge is 0.327 e. The van der Waals surface area contributed by atoms with Crippen molar-refractivity contribution >= 4 is 29.7 Å². The molecule has 0 aromatic rings. The van der Waals surface area contributed by atoms with E-state index < -0.39 is 12.0 Å². The maximum atomic E-state index is 12.3. The second kappa shape index (κ2) is 6.55. The van der Waals surface area contributed by atoms with Gasteiger partial charge in [0, 0.05) is 24.8 Å². The SMILES string of the molecule is CC(C)C1SCC(C(=O)O)N1C(=O)NCC1CCC(=O)N1. The summed E-state index contributed by atoms with van der Waals surface area (Å²) in [5.74, 6) is -0.396. The van der Waals surface area contributed by atoms with Crippen LogP contribution >= 0.6 is 11.8 Å². The number of carboxylic acids is 1. The molecule has 21 heavy (non-hydrogen) atoms. The molecule has 2 aliphatic rings. The Morgan fingerprint density at radius 2 is 2.24 bits per heavy atom. The lowest BCUT2D eigenvalue weighted by Gasteiger charge is -2.30. The Bertz CT molecular complexity index is 443. The van der Waals surface area contributed by atoms with Gasteiger partial charge in [-0.25, -0.2) is 9.59 Å². The number of hydrogen-bond donors (Lipinski definition) is 3. The maximum Gasteiger partial charge on any atom is 0.327 e. The fraction of sp³-hybridized carbons (Fsp3) is 0.769. The van der Waals surface area contributed by atoms with Crippen LogP contribution in [-0.2, 0) is 9.59 Å². The Hall–Kier alpha value is -1.44. The average Bonchev–Trinajstić information content (AvgIpc) is 3.01. The standard InChI is InChI=1S/C13H21N3O4S/c1-7(2)11-16(9(6-21-11)12(18)19)13(20)14-5-8-3-4-10(17)15-8/h7-9,11H,3-6H2,1-2H3,(H,14,20)(H,15,17)(H,18,19). The minimum Gasteiger partial charge on any atom is -0.480 e. The van der Waals surface area contributed by atoms with Crippen molar-refractivity contribution in [1.82, 2.24) is 15.5 Å². The molecule has 3 atom stereocenters. The molecule has 2 heterocycles. The summed E-state index contributed by atoms with van der Waals surface area (Å²) in [4.78, 5) is 36.2. The summed E-state index contributed by atoms with van der Waals surface area (Å²) >= 11 is 1.50. The molecule has 8 heteroatoms. The van der Waals surface area contributed by atoms with E-state index in [0.29, 0.717) is 25.1 Å². The molecule has 7 nitrogen and oxygen atoms in total. The minimum atomic E-state index is -0.977. The minimum absolute atomic E-state index is 0.00514. The molecular weight excluding hydrogens is 294 g/mol. The maximum absolute atomic E-state index is 12.3. The van der Waals surface area contributed by atoms with E-state index in [1.54, 1.807) is 0 Å². The zero-order valence-electron chi connectivity index (χ0n) is 12.2. The van der Waals surface area contributed by atoms with Crippen molar-refractivity contribution in [2.75, 3.05) is 12.3 Å². The first-order valence-electron chi connectivity index (χ1n) is 7.10. The zero-order chi connectivity index (χ0) is 15.6. The molecule has 2 saturated heterocycles. The number of carbonyl (C=O) groups is 3. The number of rotatable bonds is 4. The molecular formula is C13H21N3O4S. The van der Waals surface area contributed by atoms with Gasteiger partial charge < -0.3 is 15.7 Å². The van der Waals surface area contributed by atoms with Crippen LogP contribution in [0.25, 0.3) is 0 Å². The van der Waals surface area contributed by atoms with Gasteiger partial charge in [-0.15, -0.1) is 11.8 Å². The highest BCUT2D eigenvalue weighted by Gasteiger charge is 2.43. The van der Waals surface area contributed by atoms with Crippen LogP contribution in [0.2, 0.25) is 0 Å². The first-order chi connectivity index (χ1) is 9.90. The van der Waals surface area contributed by atoms with Gasteiger partial charge in [0.1, 0.15) is 6.04 Å². The van der Waals surface area contributed by atoms with Crippen LogP contribution in [0, 0.1) is 5.92 Å². The number of nitrogens with one attached hydrogen (secondary N) is 2. The zero-order valence-corrected chi connectivity index (χ0v) is 13.0. The topological polar surface area (TPSA) is 98.7 Å². The summed E-state index contributed by atoms with van der Waals surface area (Å²) in [6.07, 6.45) is 1.18. The largest absolute Gasteiger partial charge is 0.480 e. The van der Waals surface area contributed by atoms with E-state index in [9.17, 15) is 19.5 Å². The molecule has 2 fully saturated rings. The van der Waals surface area contributed by atoms with Gasteiger partial charge in [-0.1, -0.05) is 13.8 Å². The Morgan fingerprint density at radius 3 is 2.76 bits per heavy atom. The van der Waals surface area contributed by atoms with Gasteiger partial charge >= 0.3 is 12.0 Å². The van der Waals surface area contributed by atoms with Crippen LogP contribution in [-0.4, -0.2) is 57.7 Å². The van der Waals surface area contributed by atoms with Crippen LogP contribution < -0.4 is 10.6 Å². The molecule has 118 valence electrons. The van der Waals surface area contributed by atoms with Crippen molar-refractivity contribution in [2.24, 2.45) is 5.92 Å². The second-order valence-corrected chi connectivity index (χ2v) is 6.87. The van der Waals surface area contributed by atoms with Gasteiger partial charge in [-0.2, -0.15) is 0 Å². The summed E-state index contributed by atoms with van der Waals surface area (Å²) < 4.78 is 0. The summed E-state index contributed by atoms with van der Waals surface area (Å²) in [5, 5.41) is 14.6. The molecule has 3 N–H and O–H groups in total. The first kappa shape index (κ1) is 15.9. The summed E-state index contributed by atoms with van der Waals surface area (Å²) in [5.41, 5.74) is 0. The van der Waals surface area contributed by atoms with Crippen molar-refractivity contribution in [3.05, 3.63) is 0 Å². The lowest BCUT2D eigenvalue weighted by Crippen LogP contribution is -2.53. The van der Waals surface area contributed by atoms with E-state index in [-0.39, 0.29) is 29.3 Å². The monoisotopic (exact) mass is 315 g/mol. The molecule has 0 aliphatic carbocycles. The van der Waals surface area contributed by atoms with E-state index in [4.69, 9.17) is 0 Å². The Morgan fingerprint density at radius 1 is 1.52 bits per heavy atom. The third-order valence-electron chi connectivity index (χ3n) is 3.71. The fourth-order valence-corrected chi connectivity index (χ4v) is 4.09. The highest BCUT2D eigenvalue weighted by molar-refractivity contribution is 8.00. The number of carbonyl (C=O) groups excluding carboxylic acids is 2. The third kappa shape index (κ3) is 3.61. The van der Waals surface area contributed by atoms with Gasteiger partial charge in [-0.05, 0) is 12.3 Å². The first-order valence-corrected chi connectivity index (χ1v) is 8.15. The number of nitrogens with zero attached hydrogens (tertiary/aromatic N) is 1. The second-order valence-electron chi connectivity index (χ2n) is 5.72. The molecule has 2 aliphatic heterocycles. The normalized spacial score (nSPS) is 28.8. The van der Waals surface area contributed by atoms with Crippen LogP contribution in [0.3, 0.4) is 0 Å². The van der Waals surface area contributed by atoms with Gasteiger partial charge in [0.05, 0.1) is 5.37 Å². The van der Waals surface area contributed by atoms with E-state index in [0.717, 1.165) is 0 Å². The lowest BCUT2D eigenvalue weighted by molar-refractivity contribution is -0.141. The van der Waals surface area contributed by atoms with E-state index in [1.165, 1.54) is 16.7 Å². The van der Waals surface area contributed by atoms with E-state index in [2.05, 4.69) is 10.6 Å². The van der Waals surface area contributed by atoms with Gasteiger partial charge in [0.15, 0.2) is 0 Å². The number of thioether (sulfide) groups is 1. The van der Waals surface area contributed by atoms with Crippen molar-refractivity contribution in [3.63, 3.8) is 0 Å². The van der Waals surface area contributed by atoms with Crippen LogP contribution in [0.4, 0.5) is 4.79 Å². The van der Waals surface area contributed by atoms with Gasteiger partial charge in [0.2, 0.25) is 5.91 Å². The quantitative estimate of drug-likeness (QED) is 0.700. The van der Waals surface area contributed by atoms with Crippen molar-refractivity contribution in [2.45, 2.75) is 44.1 Å². The highest BCUT2D eigenvalue weighted by Crippen LogP contribution is 2.34. The Kier molecular flexibility index (Phi) is 4.97. The molecule has 0 aromatic heterocycles. The fourth-order valence-electron chi connectivity index (χ4n) is 2.62. The summed E-state index contributed by atoms with van der Waals surface area (Å²) in [6.45, 7) is 4.28. The Labute approximate surface area is 127 Å². The highest BCUT2D eigenvalue weighted by atomic mass is 32.2. The molecule has 3 unspecified atom stereocenters. The van der Waals surface area contributed by atoms with Crippen molar-refractivity contribution in [1.29, 1.82) is 0 Å². The van der Waals surface area contributed by atoms with E-state index >= 15 is 0 Å². The van der Waals surface area contributed by atoms with Crippen LogP contribution in [0.15, 0.2) is 0 Å². The number of amides is 3.